The van der Waals surface area contributed by atoms with Crippen LogP contribution in [0.2, 0.25) is 0 Å². The second-order valence-electron chi connectivity index (χ2n) is 4.94. The minimum absolute atomic E-state index is 0.377. The van der Waals surface area contributed by atoms with Crippen LogP contribution in [0.4, 0.5) is 10.5 Å². The fourth-order valence-corrected chi connectivity index (χ4v) is 2.75. The number of hydrogen-bond donors (Lipinski definition) is 1. The number of carbonyl (C=O) groups excluding carboxylic acids is 1. The predicted octanol–water partition coefficient (Wildman–Crippen LogP) is 4.67. The van der Waals surface area contributed by atoms with Gasteiger partial charge in [-0.3, -0.25) is 5.32 Å². The standard InChI is InChI=1S/C17H18INO3/c1-11-7-8-16(12(2)9-11)22-10-13-14(18)5-4-6-15(13)19-17(20)21-3/h4-9H,10H2,1-3H3,(H,19,20). The second kappa shape index (κ2) is 7.49. The summed E-state index contributed by atoms with van der Waals surface area (Å²) in [5.74, 6) is 0.842. The molecule has 2 aromatic carbocycles. The van der Waals surface area contributed by atoms with Crippen LogP contribution >= 0.6 is 22.6 Å². The van der Waals surface area contributed by atoms with Crippen LogP contribution in [0.15, 0.2) is 36.4 Å². The highest BCUT2D eigenvalue weighted by Gasteiger charge is 2.11. The van der Waals surface area contributed by atoms with Crippen molar-refractivity contribution < 1.29 is 14.3 Å². The lowest BCUT2D eigenvalue weighted by molar-refractivity contribution is 0.187. The first kappa shape index (κ1) is 16.6. The quantitative estimate of drug-likeness (QED) is 0.745. The Kier molecular flexibility index (Phi) is 5.65. The zero-order valence-corrected chi connectivity index (χ0v) is 14.9. The summed E-state index contributed by atoms with van der Waals surface area (Å²) in [4.78, 5) is 11.4. The Morgan fingerprint density at radius 2 is 2.00 bits per heavy atom. The molecule has 0 aliphatic carbocycles. The fourth-order valence-electron chi connectivity index (χ4n) is 2.09. The number of methoxy groups -OCH3 is 1. The fraction of sp³-hybridized carbons (Fsp3) is 0.235. The van der Waals surface area contributed by atoms with Crippen LogP contribution < -0.4 is 10.1 Å². The number of amides is 1. The average molecular weight is 411 g/mol. The third kappa shape index (κ3) is 4.13. The summed E-state index contributed by atoms with van der Waals surface area (Å²) < 4.78 is 11.6. The van der Waals surface area contributed by atoms with Gasteiger partial charge in [-0.15, -0.1) is 0 Å². The molecule has 2 rings (SSSR count). The van der Waals surface area contributed by atoms with E-state index in [2.05, 4.69) is 45.6 Å². The molecule has 0 saturated heterocycles. The average Bonchev–Trinajstić information content (AvgIpc) is 2.48. The highest BCUT2D eigenvalue weighted by molar-refractivity contribution is 14.1. The zero-order chi connectivity index (χ0) is 16.1. The van der Waals surface area contributed by atoms with Crippen molar-refractivity contribution in [1.29, 1.82) is 0 Å². The number of nitrogens with one attached hydrogen (secondary N) is 1. The molecule has 0 aliphatic rings. The molecule has 0 radical (unpaired) electrons. The molecule has 0 bridgehead atoms. The molecule has 4 nitrogen and oxygen atoms in total. The van der Waals surface area contributed by atoms with Crippen LogP contribution in [0.5, 0.6) is 5.75 Å². The van der Waals surface area contributed by atoms with Crippen LogP contribution in [-0.4, -0.2) is 13.2 Å². The van der Waals surface area contributed by atoms with E-state index in [1.54, 1.807) is 0 Å². The summed E-state index contributed by atoms with van der Waals surface area (Å²) in [6.45, 7) is 4.45. The first-order valence-electron chi connectivity index (χ1n) is 6.83. The van der Waals surface area contributed by atoms with Crippen LogP contribution in [0, 0.1) is 17.4 Å². The van der Waals surface area contributed by atoms with E-state index in [0.717, 1.165) is 20.4 Å². The van der Waals surface area contributed by atoms with E-state index in [0.29, 0.717) is 12.3 Å². The van der Waals surface area contributed by atoms with E-state index in [1.165, 1.54) is 12.7 Å². The number of aryl methyl sites for hydroxylation is 2. The van der Waals surface area contributed by atoms with E-state index < -0.39 is 6.09 Å². The first-order valence-corrected chi connectivity index (χ1v) is 7.91. The number of anilines is 1. The first-order chi connectivity index (χ1) is 10.5. The Morgan fingerprint density at radius 3 is 2.68 bits per heavy atom. The van der Waals surface area contributed by atoms with Gasteiger partial charge in [0.25, 0.3) is 0 Å². The van der Waals surface area contributed by atoms with Gasteiger partial charge in [-0.25, -0.2) is 4.79 Å². The van der Waals surface area contributed by atoms with Crippen molar-refractivity contribution in [1.82, 2.24) is 0 Å². The van der Waals surface area contributed by atoms with Gasteiger partial charge >= 0.3 is 6.09 Å². The van der Waals surface area contributed by atoms with Crippen molar-refractivity contribution in [3.63, 3.8) is 0 Å². The number of hydrogen-bond acceptors (Lipinski definition) is 3. The lowest BCUT2D eigenvalue weighted by Crippen LogP contribution is -2.14. The SMILES string of the molecule is COC(=O)Nc1cccc(I)c1COc1ccc(C)cc1C. The molecule has 0 aliphatic heterocycles. The van der Waals surface area contributed by atoms with Crippen molar-refractivity contribution >= 4 is 34.4 Å². The summed E-state index contributed by atoms with van der Waals surface area (Å²) in [5.41, 5.74) is 3.91. The lowest BCUT2D eigenvalue weighted by atomic mass is 10.1. The maximum atomic E-state index is 11.4. The van der Waals surface area contributed by atoms with E-state index in [-0.39, 0.29) is 0 Å². The maximum Gasteiger partial charge on any atom is 0.411 e. The molecule has 2 aromatic rings. The van der Waals surface area contributed by atoms with Gasteiger partial charge in [0.2, 0.25) is 0 Å². The van der Waals surface area contributed by atoms with Gasteiger partial charge in [-0.05, 0) is 60.2 Å². The van der Waals surface area contributed by atoms with Crippen LogP contribution in [-0.2, 0) is 11.3 Å². The Labute approximate surface area is 144 Å². The highest BCUT2D eigenvalue weighted by Crippen LogP contribution is 2.26. The molecule has 0 fully saturated rings. The number of ether oxygens (including phenoxy) is 2. The van der Waals surface area contributed by atoms with Gasteiger partial charge in [0, 0.05) is 9.13 Å². The minimum atomic E-state index is -0.491. The van der Waals surface area contributed by atoms with Crippen molar-refractivity contribution in [2.24, 2.45) is 0 Å². The minimum Gasteiger partial charge on any atom is -0.489 e. The predicted molar refractivity (Wildman–Crippen MR) is 95.4 cm³/mol. The summed E-state index contributed by atoms with van der Waals surface area (Å²) in [6, 6.07) is 11.8. The molecular formula is C17H18INO3. The summed E-state index contributed by atoms with van der Waals surface area (Å²) >= 11 is 2.23. The Hall–Kier alpha value is -1.76. The zero-order valence-electron chi connectivity index (χ0n) is 12.8. The molecule has 1 N–H and O–H groups in total. The smallest absolute Gasteiger partial charge is 0.411 e. The molecule has 22 heavy (non-hydrogen) atoms. The number of rotatable bonds is 4. The topological polar surface area (TPSA) is 47.6 Å². The highest BCUT2D eigenvalue weighted by atomic mass is 127. The molecule has 5 heteroatoms. The van der Waals surface area contributed by atoms with Gasteiger partial charge in [0.1, 0.15) is 12.4 Å². The summed E-state index contributed by atoms with van der Waals surface area (Å²) in [6.07, 6.45) is -0.491. The van der Waals surface area contributed by atoms with Crippen LogP contribution in [0.3, 0.4) is 0 Å². The van der Waals surface area contributed by atoms with E-state index in [4.69, 9.17) is 4.74 Å². The van der Waals surface area contributed by atoms with E-state index >= 15 is 0 Å². The van der Waals surface area contributed by atoms with Crippen molar-refractivity contribution in [2.75, 3.05) is 12.4 Å². The van der Waals surface area contributed by atoms with Gasteiger partial charge in [-0.1, -0.05) is 23.8 Å². The second-order valence-corrected chi connectivity index (χ2v) is 6.10. The van der Waals surface area contributed by atoms with Crippen molar-refractivity contribution in [3.05, 3.63) is 56.7 Å². The Balaban J connectivity index is 2.19. The normalized spacial score (nSPS) is 10.2. The molecular weight excluding hydrogens is 393 g/mol. The molecule has 0 saturated carbocycles. The Morgan fingerprint density at radius 1 is 1.23 bits per heavy atom. The van der Waals surface area contributed by atoms with E-state index in [9.17, 15) is 4.79 Å². The van der Waals surface area contributed by atoms with Gasteiger partial charge in [-0.2, -0.15) is 0 Å². The molecule has 0 heterocycles. The van der Waals surface area contributed by atoms with Crippen LogP contribution in [0.25, 0.3) is 0 Å². The largest absolute Gasteiger partial charge is 0.489 e. The van der Waals surface area contributed by atoms with Crippen LogP contribution in [0.1, 0.15) is 16.7 Å². The summed E-state index contributed by atoms with van der Waals surface area (Å²) in [7, 11) is 1.34. The van der Waals surface area contributed by atoms with Gasteiger partial charge < -0.3 is 9.47 Å². The van der Waals surface area contributed by atoms with Gasteiger partial charge in [0.15, 0.2) is 0 Å². The van der Waals surface area contributed by atoms with E-state index in [1.807, 2.05) is 37.3 Å². The third-order valence-corrected chi connectivity index (χ3v) is 4.25. The molecule has 1 amide bonds. The monoisotopic (exact) mass is 411 g/mol. The Bertz CT molecular complexity index is 686. The molecule has 116 valence electrons. The summed E-state index contributed by atoms with van der Waals surface area (Å²) in [5, 5.41) is 2.72. The molecule has 0 unspecified atom stereocenters. The lowest BCUT2D eigenvalue weighted by Gasteiger charge is -2.15. The van der Waals surface area contributed by atoms with Crippen molar-refractivity contribution in [2.45, 2.75) is 20.5 Å². The molecule has 0 aromatic heterocycles. The number of benzene rings is 2. The number of halogens is 1. The molecule has 0 spiro atoms. The van der Waals surface area contributed by atoms with Gasteiger partial charge in [0.05, 0.1) is 12.8 Å². The number of carbonyl (C=O) groups is 1. The third-order valence-electron chi connectivity index (χ3n) is 3.24. The maximum absolute atomic E-state index is 11.4. The molecule has 0 atom stereocenters. The van der Waals surface area contributed by atoms with Crippen molar-refractivity contribution in [3.8, 4) is 5.75 Å².